The Labute approximate surface area is 219 Å². The van der Waals surface area contributed by atoms with Gasteiger partial charge < -0.3 is 14.0 Å². The molecule has 0 aliphatic carbocycles. The number of hydrogen-bond acceptors (Lipinski definition) is 7. The zero-order valence-corrected chi connectivity index (χ0v) is 21.5. The molecule has 8 nitrogen and oxygen atoms in total. The van der Waals surface area contributed by atoms with Crippen molar-refractivity contribution in [2.45, 2.75) is 32.7 Å². The second-order valence-corrected chi connectivity index (χ2v) is 8.80. The standard InChI is InChI=1S/C28H26ClN3O5/c1-4-5-10-25-31-26(29)24(16-33)32(25)15-17-11-12-22-20(13-17)21(28(35)37-3)14-23(30-22)18-8-6-7-9-19(18)27(34)36-2/h6-9,11-14,16H,4-5,10,15H2,1-3H3. The minimum Gasteiger partial charge on any atom is -0.465 e. The van der Waals surface area contributed by atoms with Gasteiger partial charge in [-0.15, -0.1) is 0 Å². The number of halogens is 1. The van der Waals surface area contributed by atoms with Gasteiger partial charge in [-0.2, -0.15) is 0 Å². The summed E-state index contributed by atoms with van der Waals surface area (Å²) in [5, 5.41) is 0.755. The number of imidazole rings is 1. The quantitative estimate of drug-likeness (QED) is 0.212. The van der Waals surface area contributed by atoms with Crippen molar-refractivity contribution in [3.63, 3.8) is 0 Å². The SMILES string of the molecule is CCCCc1nc(Cl)c(C=O)n1Cc1ccc2nc(-c3ccccc3C(=O)OC)cc(C(=O)OC)c2c1. The maximum absolute atomic E-state index is 12.8. The number of hydrogen-bond donors (Lipinski definition) is 0. The van der Waals surface area contributed by atoms with Crippen LogP contribution in [-0.2, 0) is 22.4 Å². The molecule has 0 N–H and O–H groups in total. The van der Waals surface area contributed by atoms with E-state index in [1.165, 1.54) is 14.2 Å². The van der Waals surface area contributed by atoms with Crippen LogP contribution in [0.4, 0.5) is 0 Å². The zero-order valence-electron chi connectivity index (χ0n) is 20.8. The van der Waals surface area contributed by atoms with Crippen molar-refractivity contribution in [2.75, 3.05) is 14.2 Å². The van der Waals surface area contributed by atoms with E-state index >= 15 is 0 Å². The van der Waals surface area contributed by atoms with Crippen LogP contribution in [-0.4, -0.2) is 47.0 Å². The number of carbonyl (C=O) groups is 3. The Morgan fingerprint density at radius 1 is 1.00 bits per heavy atom. The maximum Gasteiger partial charge on any atom is 0.338 e. The summed E-state index contributed by atoms with van der Waals surface area (Å²) in [7, 11) is 2.62. The molecule has 2 aromatic carbocycles. The number of unbranched alkanes of at least 4 members (excludes halogenated alkanes) is 1. The van der Waals surface area contributed by atoms with Crippen molar-refractivity contribution in [1.29, 1.82) is 0 Å². The molecule has 190 valence electrons. The van der Waals surface area contributed by atoms with Crippen LogP contribution >= 0.6 is 11.6 Å². The molecule has 0 fully saturated rings. The van der Waals surface area contributed by atoms with Gasteiger partial charge in [0.2, 0.25) is 0 Å². The highest BCUT2D eigenvalue weighted by Crippen LogP contribution is 2.29. The fraction of sp³-hybridized carbons (Fsp3) is 0.250. The topological polar surface area (TPSA) is 100 Å². The first-order chi connectivity index (χ1) is 17.9. The van der Waals surface area contributed by atoms with Crippen LogP contribution < -0.4 is 0 Å². The van der Waals surface area contributed by atoms with Crippen LogP contribution in [0.5, 0.6) is 0 Å². The van der Waals surface area contributed by atoms with Crippen molar-refractivity contribution in [1.82, 2.24) is 14.5 Å². The lowest BCUT2D eigenvalue weighted by molar-refractivity contribution is 0.0594. The number of esters is 2. The molecule has 0 saturated carbocycles. The van der Waals surface area contributed by atoms with Gasteiger partial charge in [0.25, 0.3) is 0 Å². The summed E-state index contributed by atoms with van der Waals surface area (Å²) in [6.07, 6.45) is 3.29. The molecule has 37 heavy (non-hydrogen) atoms. The number of methoxy groups -OCH3 is 2. The molecular weight excluding hydrogens is 494 g/mol. The van der Waals surface area contributed by atoms with Crippen molar-refractivity contribution in [3.8, 4) is 11.3 Å². The predicted molar refractivity (Wildman–Crippen MR) is 140 cm³/mol. The highest BCUT2D eigenvalue weighted by molar-refractivity contribution is 6.31. The number of fused-ring (bicyclic) bond motifs is 1. The van der Waals surface area contributed by atoms with Gasteiger partial charge in [0.05, 0.1) is 36.6 Å². The van der Waals surface area contributed by atoms with Crippen LogP contribution in [0.25, 0.3) is 22.2 Å². The smallest absolute Gasteiger partial charge is 0.338 e. The summed E-state index contributed by atoms with van der Waals surface area (Å²) in [5.41, 5.74) is 3.30. The largest absolute Gasteiger partial charge is 0.465 e. The first kappa shape index (κ1) is 26.0. The number of carbonyl (C=O) groups excluding carboxylic acids is 3. The second kappa shape index (κ2) is 11.3. The fourth-order valence-corrected chi connectivity index (χ4v) is 4.50. The lowest BCUT2D eigenvalue weighted by Gasteiger charge is -2.13. The summed E-state index contributed by atoms with van der Waals surface area (Å²) in [6, 6.07) is 14.0. The number of aromatic nitrogens is 3. The first-order valence-corrected chi connectivity index (χ1v) is 12.2. The molecule has 9 heteroatoms. The molecule has 0 spiro atoms. The number of benzene rings is 2. The third kappa shape index (κ3) is 5.24. The van der Waals surface area contributed by atoms with Gasteiger partial charge in [-0.1, -0.05) is 49.2 Å². The number of nitrogens with zero attached hydrogens (tertiary/aromatic N) is 3. The lowest BCUT2D eigenvalue weighted by Crippen LogP contribution is -2.10. The first-order valence-electron chi connectivity index (χ1n) is 11.8. The minimum atomic E-state index is -0.538. The number of rotatable bonds is 9. The van der Waals surface area contributed by atoms with Gasteiger partial charge in [-0.05, 0) is 36.2 Å². The highest BCUT2D eigenvalue weighted by Gasteiger charge is 2.20. The Balaban J connectivity index is 1.84. The molecule has 4 aromatic rings. The fourth-order valence-electron chi connectivity index (χ4n) is 4.26. The molecule has 0 amide bonds. The Morgan fingerprint density at radius 3 is 2.43 bits per heavy atom. The summed E-state index contributed by atoms with van der Waals surface area (Å²) in [4.78, 5) is 46.0. The van der Waals surface area contributed by atoms with Crippen molar-refractivity contribution in [3.05, 3.63) is 81.9 Å². The summed E-state index contributed by atoms with van der Waals surface area (Å²) >= 11 is 6.23. The minimum absolute atomic E-state index is 0.174. The number of pyridine rings is 1. The molecule has 0 saturated heterocycles. The Hall–Kier alpha value is -4.04. The van der Waals surface area contributed by atoms with Crippen LogP contribution in [0.1, 0.15) is 62.4 Å². The molecule has 2 aromatic heterocycles. The maximum atomic E-state index is 12.8. The molecule has 0 unspecified atom stereocenters. The van der Waals surface area contributed by atoms with Gasteiger partial charge in [-0.3, -0.25) is 4.79 Å². The van der Waals surface area contributed by atoms with Gasteiger partial charge in [0.1, 0.15) is 11.5 Å². The van der Waals surface area contributed by atoms with E-state index in [1.807, 2.05) is 12.1 Å². The third-order valence-electron chi connectivity index (χ3n) is 6.13. The van der Waals surface area contributed by atoms with Crippen LogP contribution in [0.3, 0.4) is 0 Å². The molecular formula is C28H26ClN3O5. The Morgan fingerprint density at radius 2 is 1.73 bits per heavy atom. The Bertz CT molecular complexity index is 1490. The zero-order chi connectivity index (χ0) is 26.5. The molecule has 4 rings (SSSR count). The molecule has 0 bridgehead atoms. The van der Waals surface area contributed by atoms with E-state index in [2.05, 4.69) is 11.9 Å². The van der Waals surface area contributed by atoms with Crippen LogP contribution in [0.15, 0.2) is 48.5 Å². The number of aryl methyl sites for hydroxylation is 1. The molecule has 0 atom stereocenters. The van der Waals surface area contributed by atoms with Crippen molar-refractivity contribution >= 4 is 40.7 Å². The highest BCUT2D eigenvalue weighted by atomic mass is 35.5. The van der Waals surface area contributed by atoms with E-state index in [0.717, 1.165) is 24.2 Å². The molecule has 0 radical (unpaired) electrons. The average Bonchev–Trinajstić information content (AvgIpc) is 3.23. The second-order valence-electron chi connectivity index (χ2n) is 8.45. The van der Waals surface area contributed by atoms with Gasteiger partial charge >= 0.3 is 11.9 Å². The van der Waals surface area contributed by atoms with Gasteiger partial charge in [0, 0.05) is 23.9 Å². The summed E-state index contributed by atoms with van der Waals surface area (Å²) < 4.78 is 11.8. The van der Waals surface area contributed by atoms with Gasteiger partial charge in [-0.25, -0.2) is 19.6 Å². The third-order valence-corrected chi connectivity index (χ3v) is 6.41. The van der Waals surface area contributed by atoms with Gasteiger partial charge in [0.15, 0.2) is 11.4 Å². The van der Waals surface area contributed by atoms with E-state index in [-0.39, 0.29) is 5.15 Å². The lowest BCUT2D eigenvalue weighted by atomic mass is 9.99. The summed E-state index contributed by atoms with van der Waals surface area (Å²) in [6.45, 7) is 2.42. The number of aldehydes is 1. The van der Waals surface area contributed by atoms with Crippen molar-refractivity contribution in [2.24, 2.45) is 0 Å². The number of ether oxygens (including phenoxy) is 2. The monoisotopic (exact) mass is 519 g/mol. The summed E-state index contributed by atoms with van der Waals surface area (Å²) in [5.74, 6) is -0.310. The van der Waals surface area contributed by atoms with E-state index in [4.69, 9.17) is 26.1 Å². The van der Waals surface area contributed by atoms with Crippen molar-refractivity contribution < 1.29 is 23.9 Å². The Kier molecular flexibility index (Phi) is 7.98. The van der Waals surface area contributed by atoms with E-state index < -0.39 is 11.9 Å². The normalized spacial score (nSPS) is 10.9. The van der Waals surface area contributed by atoms with E-state index in [0.29, 0.717) is 58.2 Å². The molecule has 0 aliphatic heterocycles. The molecule has 0 aliphatic rings. The van der Waals surface area contributed by atoms with Crippen LogP contribution in [0.2, 0.25) is 5.15 Å². The molecule has 2 heterocycles. The van der Waals surface area contributed by atoms with Crippen LogP contribution in [0, 0.1) is 0 Å². The average molecular weight is 520 g/mol. The van der Waals surface area contributed by atoms with E-state index in [1.54, 1.807) is 41.0 Å². The van der Waals surface area contributed by atoms with E-state index in [9.17, 15) is 14.4 Å². The predicted octanol–water partition coefficient (Wildman–Crippen LogP) is 5.53.